The van der Waals surface area contributed by atoms with Crippen LogP contribution < -0.4 is 0 Å². The molecule has 1 fully saturated rings. The molecule has 0 saturated heterocycles. The Morgan fingerprint density at radius 3 is 2.63 bits per heavy atom. The predicted octanol–water partition coefficient (Wildman–Crippen LogP) is 3.84. The largest absolute Gasteiger partial charge is 0.298 e. The molecule has 1 saturated carbocycles. The van der Waals surface area contributed by atoms with E-state index in [-0.39, 0.29) is 5.92 Å². The number of nitriles is 1. The monoisotopic (exact) mass is 256 g/mol. The van der Waals surface area contributed by atoms with Gasteiger partial charge in [-0.05, 0) is 37.8 Å². The summed E-state index contributed by atoms with van der Waals surface area (Å²) in [7, 11) is 2.17. The van der Waals surface area contributed by atoms with Crippen LogP contribution in [0.4, 0.5) is 0 Å². The Morgan fingerprint density at radius 1 is 1.26 bits per heavy atom. The quantitative estimate of drug-likeness (QED) is 0.818. The van der Waals surface area contributed by atoms with Crippen LogP contribution in [0.15, 0.2) is 30.3 Å². The molecule has 0 bridgehead atoms. The molecule has 1 aromatic carbocycles. The Kier molecular flexibility index (Phi) is 4.99. The minimum atomic E-state index is 0.205. The average Bonchev–Trinajstić information content (AvgIpc) is 2.47. The fraction of sp³-hybridized carbons (Fsp3) is 0.588. The molecule has 0 aliphatic heterocycles. The third kappa shape index (κ3) is 3.58. The first kappa shape index (κ1) is 14.1. The molecule has 0 heterocycles. The molecule has 0 radical (unpaired) electrons. The van der Waals surface area contributed by atoms with E-state index >= 15 is 0 Å². The van der Waals surface area contributed by atoms with Gasteiger partial charge in [0.05, 0.1) is 12.0 Å². The minimum Gasteiger partial charge on any atom is -0.298 e. The second kappa shape index (κ2) is 6.73. The van der Waals surface area contributed by atoms with E-state index in [1.165, 1.54) is 24.8 Å². The van der Waals surface area contributed by atoms with Crippen molar-refractivity contribution in [3.63, 3.8) is 0 Å². The molecule has 2 rings (SSSR count). The van der Waals surface area contributed by atoms with Gasteiger partial charge >= 0.3 is 0 Å². The fourth-order valence-corrected chi connectivity index (χ4v) is 3.23. The smallest absolute Gasteiger partial charge is 0.0672 e. The van der Waals surface area contributed by atoms with E-state index in [1.807, 2.05) is 0 Å². The van der Waals surface area contributed by atoms with Crippen molar-refractivity contribution >= 4 is 0 Å². The van der Waals surface area contributed by atoms with E-state index in [9.17, 15) is 5.26 Å². The van der Waals surface area contributed by atoms with Crippen molar-refractivity contribution in [1.82, 2.24) is 4.90 Å². The summed E-state index contributed by atoms with van der Waals surface area (Å²) in [6, 6.07) is 13.5. The van der Waals surface area contributed by atoms with Gasteiger partial charge in [-0.15, -0.1) is 0 Å². The van der Waals surface area contributed by atoms with Crippen molar-refractivity contribution in [3.05, 3.63) is 35.9 Å². The van der Waals surface area contributed by atoms with Gasteiger partial charge in [-0.2, -0.15) is 5.26 Å². The molecule has 0 aromatic heterocycles. The molecule has 0 N–H and O–H groups in total. The fourth-order valence-electron chi connectivity index (χ4n) is 3.23. The molecule has 2 nitrogen and oxygen atoms in total. The van der Waals surface area contributed by atoms with Crippen molar-refractivity contribution in [2.75, 3.05) is 7.05 Å². The Morgan fingerprint density at radius 2 is 2.00 bits per heavy atom. The summed E-state index contributed by atoms with van der Waals surface area (Å²) in [5, 5.41) is 9.36. The Balaban J connectivity index is 2.02. The van der Waals surface area contributed by atoms with Crippen LogP contribution in [0.5, 0.6) is 0 Å². The van der Waals surface area contributed by atoms with Crippen molar-refractivity contribution in [3.8, 4) is 6.07 Å². The molecular weight excluding hydrogens is 232 g/mol. The van der Waals surface area contributed by atoms with Gasteiger partial charge in [-0.3, -0.25) is 4.90 Å². The van der Waals surface area contributed by atoms with Crippen LogP contribution in [0.1, 0.15) is 38.2 Å². The predicted molar refractivity (Wildman–Crippen MR) is 78.4 cm³/mol. The number of hydrogen-bond acceptors (Lipinski definition) is 2. The lowest BCUT2D eigenvalue weighted by Crippen LogP contribution is -2.41. The first-order chi connectivity index (χ1) is 9.24. The van der Waals surface area contributed by atoms with E-state index in [2.05, 4.69) is 55.3 Å². The van der Waals surface area contributed by atoms with Gasteiger partial charge in [0.25, 0.3) is 0 Å². The number of hydrogen-bond donors (Lipinski definition) is 0. The molecule has 3 atom stereocenters. The lowest BCUT2D eigenvalue weighted by Gasteiger charge is -2.38. The first-order valence-corrected chi connectivity index (χ1v) is 7.38. The van der Waals surface area contributed by atoms with Gasteiger partial charge in [0.15, 0.2) is 0 Å². The summed E-state index contributed by atoms with van der Waals surface area (Å²) < 4.78 is 0. The topological polar surface area (TPSA) is 27.0 Å². The number of benzene rings is 1. The van der Waals surface area contributed by atoms with Gasteiger partial charge in [0.2, 0.25) is 0 Å². The van der Waals surface area contributed by atoms with Gasteiger partial charge in [0.1, 0.15) is 0 Å². The second-order valence-corrected chi connectivity index (χ2v) is 5.79. The molecule has 1 aromatic rings. The molecule has 3 unspecified atom stereocenters. The molecule has 102 valence electrons. The maximum atomic E-state index is 9.36. The lowest BCUT2D eigenvalue weighted by atomic mass is 9.77. The summed E-state index contributed by atoms with van der Waals surface area (Å²) in [6.07, 6.45) is 4.72. The van der Waals surface area contributed by atoms with Crippen LogP contribution in [-0.4, -0.2) is 18.0 Å². The van der Waals surface area contributed by atoms with Crippen LogP contribution in [0.25, 0.3) is 0 Å². The number of rotatable bonds is 4. The Labute approximate surface area is 117 Å². The molecule has 1 aliphatic carbocycles. The summed E-state index contributed by atoms with van der Waals surface area (Å²) in [4.78, 5) is 2.38. The highest BCUT2D eigenvalue weighted by Gasteiger charge is 2.32. The van der Waals surface area contributed by atoms with Crippen molar-refractivity contribution in [2.45, 2.75) is 45.2 Å². The van der Waals surface area contributed by atoms with Crippen LogP contribution >= 0.6 is 0 Å². The summed E-state index contributed by atoms with van der Waals surface area (Å²) >= 11 is 0. The zero-order valence-corrected chi connectivity index (χ0v) is 12.0. The Hall–Kier alpha value is -1.33. The summed E-state index contributed by atoms with van der Waals surface area (Å²) in [5.74, 6) is 1.00. The van der Waals surface area contributed by atoms with E-state index in [1.54, 1.807) is 0 Å². The molecule has 0 spiro atoms. The van der Waals surface area contributed by atoms with E-state index in [0.29, 0.717) is 6.04 Å². The normalized spacial score (nSPS) is 27.2. The van der Waals surface area contributed by atoms with Gasteiger partial charge in [-0.25, -0.2) is 0 Å². The van der Waals surface area contributed by atoms with Crippen molar-refractivity contribution < 1.29 is 0 Å². The van der Waals surface area contributed by atoms with Gasteiger partial charge < -0.3 is 0 Å². The Bertz CT molecular complexity index is 421. The third-order valence-electron chi connectivity index (χ3n) is 4.51. The van der Waals surface area contributed by atoms with Crippen molar-refractivity contribution in [1.29, 1.82) is 5.26 Å². The molecule has 0 amide bonds. The van der Waals surface area contributed by atoms with Gasteiger partial charge in [0, 0.05) is 12.6 Å². The molecular formula is C17H24N2. The van der Waals surface area contributed by atoms with Crippen LogP contribution in [0, 0.1) is 23.2 Å². The minimum absolute atomic E-state index is 0.205. The molecule has 1 aliphatic rings. The molecule has 19 heavy (non-hydrogen) atoms. The standard InChI is InChI=1S/C17H24N2/c1-3-14-9-10-16(12-18)17(11-14)19(2)13-15-7-5-4-6-8-15/h4-8,14,16-17H,3,9-11,13H2,1-2H3. The highest BCUT2D eigenvalue weighted by molar-refractivity contribution is 5.14. The maximum Gasteiger partial charge on any atom is 0.0672 e. The summed E-state index contributed by atoms with van der Waals surface area (Å²) in [6.45, 7) is 3.21. The van der Waals surface area contributed by atoms with E-state index in [0.717, 1.165) is 18.9 Å². The maximum absolute atomic E-state index is 9.36. The zero-order valence-electron chi connectivity index (χ0n) is 12.0. The van der Waals surface area contributed by atoms with E-state index < -0.39 is 0 Å². The second-order valence-electron chi connectivity index (χ2n) is 5.79. The average molecular weight is 256 g/mol. The highest BCUT2D eigenvalue weighted by atomic mass is 15.1. The first-order valence-electron chi connectivity index (χ1n) is 7.38. The van der Waals surface area contributed by atoms with Crippen LogP contribution in [-0.2, 0) is 6.54 Å². The summed E-state index contributed by atoms with van der Waals surface area (Å²) in [5.41, 5.74) is 1.33. The SMILES string of the molecule is CCC1CCC(C#N)C(N(C)Cc2ccccc2)C1. The van der Waals surface area contributed by atoms with Crippen molar-refractivity contribution in [2.24, 2.45) is 11.8 Å². The van der Waals surface area contributed by atoms with Gasteiger partial charge in [-0.1, -0.05) is 43.7 Å². The number of nitrogens with zero attached hydrogens (tertiary/aromatic N) is 2. The molecule has 2 heteroatoms. The van der Waals surface area contributed by atoms with Crippen LogP contribution in [0.3, 0.4) is 0 Å². The van der Waals surface area contributed by atoms with E-state index in [4.69, 9.17) is 0 Å². The lowest BCUT2D eigenvalue weighted by molar-refractivity contribution is 0.118. The highest BCUT2D eigenvalue weighted by Crippen LogP contribution is 2.33. The third-order valence-corrected chi connectivity index (χ3v) is 4.51. The van der Waals surface area contributed by atoms with Crippen LogP contribution in [0.2, 0.25) is 0 Å². The zero-order chi connectivity index (χ0) is 13.7.